The molecule has 0 aliphatic rings. The lowest BCUT2D eigenvalue weighted by Gasteiger charge is -2.09. The first-order chi connectivity index (χ1) is 11.6. The number of halogens is 1. The minimum absolute atomic E-state index is 0.158. The summed E-state index contributed by atoms with van der Waals surface area (Å²) in [6.45, 7) is 0. The van der Waals surface area contributed by atoms with Gasteiger partial charge < -0.3 is 15.1 Å². The quantitative estimate of drug-likeness (QED) is 0.737. The largest absolute Gasteiger partial charge is 0.459 e. The predicted molar refractivity (Wildman–Crippen MR) is 92.5 cm³/mol. The van der Waals surface area contributed by atoms with Crippen molar-refractivity contribution in [3.63, 3.8) is 0 Å². The lowest BCUT2D eigenvalue weighted by Crippen LogP contribution is -2.14. The highest BCUT2D eigenvalue weighted by atomic mass is 35.5. The molecule has 1 aromatic heterocycles. The molecular weight excluding hydrogens is 328 g/mol. The summed E-state index contributed by atoms with van der Waals surface area (Å²) < 4.78 is 5.03. The minimum atomic E-state index is -0.442. The summed E-state index contributed by atoms with van der Waals surface area (Å²) >= 11 is 6.09. The number of benzene rings is 2. The predicted octanol–water partition coefficient (Wildman–Crippen LogP) is 4.44. The number of anilines is 2. The Labute approximate surface area is 143 Å². The van der Waals surface area contributed by atoms with Crippen LogP contribution in [0.3, 0.4) is 0 Å². The van der Waals surface area contributed by atoms with Crippen LogP contribution in [0.1, 0.15) is 20.9 Å². The summed E-state index contributed by atoms with van der Waals surface area (Å²) in [4.78, 5) is 24.3. The van der Waals surface area contributed by atoms with Gasteiger partial charge in [0, 0.05) is 11.3 Å². The van der Waals surface area contributed by atoms with Gasteiger partial charge in [0.05, 0.1) is 17.0 Å². The zero-order valence-electron chi connectivity index (χ0n) is 12.5. The maximum atomic E-state index is 12.3. The number of hydrogen-bond acceptors (Lipinski definition) is 3. The Balaban J connectivity index is 1.78. The fraction of sp³-hybridized carbons (Fsp3) is 0. The third kappa shape index (κ3) is 3.64. The summed E-state index contributed by atoms with van der Waals surface area (Å²) in [5.41, 5.74) is 1.38. The average molecular weight is 341 g/mol. The van der Waals surface area contributed by atoms with Crippen LogP contribution in [0.15, 0.2) is 71.3 Å². The van der Waals surface area contributed by atoms with E-state index < -0.39 is 5.91 Å². The second-order valence-corrected chi connectivity index (χ2v) is 5.35. The normalized spacial score (nSPS) is 10.2. The first-order valence-electron chi connectivity index (χ1n) is 7.14. The van der Waals surface area contributed by atoms with E-state index >= 15 is 0 Å². The van der Waals surface area contributed by atoms with Gasteiger partial charge in [-0.25, -0.2) is 0 Å². The highest BCUT2D eigenvalue weighted by molar-refractivity contribution is 6.34. The lowest BCUT2D eigenvalue weighted by atomic mass is 10.1. The average Bonchev–Trinajstić information content (AvgIpc) is 3.12. The number of para-hydroxylation sites is 1. The monoisotopic (exact) mass is 340 g/mol. The second kappa shape index (κ2) is 7.02. The Morgan fingerprint density at radius 2 is 1.67 bits per heavy atom. The third-order valence-corrected chi connectivity index (χ3v) is 3.58. The highest BCUT2D eigenvalue weighted by Crippen LogP contribution is 2.24. The van der Waals surface area contributed by atoms with Crippen molar-refractivity contribution in [2.24, 2.45) is 0 Å². The highest BCUT2D eigenvalue weighted by Gasteiger charge is 2.14. The van der Waals surface area contributed by atoms with Crippen molar-refractivity contribution in [3.8, 4) is 0 Å². The van der Waals surface area contributed by atoms with Crippen molar-refractivity contribution >= 4 is 34.8 Å². The first kappa shape index (κ1) is 15.8. The van der Waals surface area contributed by atoms with E-state index in [4.69, 9.17) is 16.0 Å². The van der Waals surface area contributed by atoms with E-state index in [1.165, 1.54) is 18.4 Å². The van der Waals surface area contributed by atoms with E-state index in [1.54, 1.807) is 30.3 Å². The van der Waals surface area contributed by atoms with Gasteiger partial charge in [0.15, 0.2) is 5.76 Å². The van der Waals surface area contributed by atoms with E-state index in [2.05, 4.69) is 10.6 Å². The summed E-state index contributed by atoms with van der Waals surface area (Å²) in [5, 5.41) is 5.72. The zero-order valence-corrected chi connectivity index (χ0v) is 13.2. The van der Waals surface area contributed by atoms with E-state index in [-0.39, 0.29) is 11.7 Å². The molecule has 0 saturated heterocycles. The van der Waals surface area contributed by atoms with Crippen LogP contribution >= 0.6 is 11.6 Å². The van der Waals surface area contributed by atoms with Gasteiger partial charge in [0.25, 0.3) is 11.8 Å². The topological polar surface area (TPSA) is 71.3 Å². The molecule has 0 bridgehead atoms. The van der Waals surface area contributed by atoms with Crippen LogP contribution in [0, 0.1) is 0 Å². The molecular formula is C18H13ClN2O3. The van der Waals surface area contributed by atoms with Gasteiger partial charge in [-0.3, -0.25) is 9.59 Å². The number of rotatable bonds is 4. The van der Waals surface area contributed by atoms with Crippen LogP contribution in [-0.4, -0.2) is 11.8 Å². The molecule has 6 heteroatoms. The summed E-state index contributed by atoms with van der Waals surface area (Å²) in [6.07, 6.45) is 1.40. The first-order valence-corrected chi connectivity index (χ1v) is 7.52. The van der Waals surface area contributed by atoms with Gasteiger partial charge in [0.2, 0.25) is 0 Å². The molecule has 2 N–H and O–H groups in total. The Bertz CT molecular complexity index is 861. The van der Waals surface area contributed by atoms with Crippen LogP contribution in [0.5, 0.6) is 0 Å². The van der Waals surface area contributed by atoms with Crippen LogP contribution < -0.4 is 10.6 Å². The van der Waals surface area contributed by atoms with Crippen molar-refractivity contribution in [2.45, 2.75) is 0 Å². The molecule has 1 heterocycles. The van der Waals surface area contributed by atoms with Crippen molar-refractivity contribution in [3.05, 3.63) is 83.3 Å². The molecule has 0 spiro atoms. The molecule has 24 heavy (non-hydrogen) atoms. The van der Waals surface area contributed by atoms with E-state index in [0.717, 1.165) is 0 Å². The Morgan fingerprint density at radius 3 is 2.38 bits per heavy atom. The van der Waals surface area contributed by atoms with E-state index in [9.17, 15) is 9.59 Å². The summed E-state index contributed by atoms with van der Waals surface area (Å²) in [5.74, 6) is -0.584. The van der Waals surface area contributed by atoms with Gasteiger partial charge in [-0.2, -0.15) is 0 Å². The molecule has 120 valence electrons. The Morgan fingerprint density at radius 1 is 0.875 bits per heavy atom. The molecule has 0 radical (unpaired) electrons. The number of furan rings is 1. The molecule has 3 aromatic rings. The molecule has 3 rings (SSSR count). The molecule has 0 aliphatic heterocycles. The molecule has 0 saturated carbocycles. The number of carbonyl (C=O) groups excluding carboxylic acids is 2. The minimum Gasteiger partial charge on any atom is -0.459 e. The van der Waals surface area contributed by atoms with Gasteiger partial charge in [-0.15, -0.1) is 0 Å². The summed E-state index contributed by atoms with van der Waals surface area (Å²) in [6, 6.07) is 16.9. The Kier molecular flexibility index (Phi) is 4.63. The van der Waals surface area contributed by atoms with Crippen LogP contribution in [0.25, 0.3) is 0 Å². The van der Waals surface area contributed by atoms with Gasteiger partial charge >= 0.3 is 0 Å². The van der Waals surface area contributed by atoms with Gasteiger partial charge in [0.1, 0.15) is 0 Å². The van der Waals surface area contributed by atoms with Gasteiger partial charge in [-0.1, -0.05) is 29.8 Å². The molecule has 2 aromatic carbocycles. The van der Waals surface area contributed by atoms with Crippen molar-refractivity contribution in [1.82, 2.24) is 0 Å². The zero-order chi connectivity index (χ0) is 16.9. The molecule has 0 aliphatic carbocycles. The molecule has 2 amide bonds. The number of nitrogens with one attached hydrogen (secondary N) is 2. The lowest BCUT2D eigenvalue weighted by molar-refractivity contribution is 0.0993. The van der Waals surface area contributed by atoms with Crippen LogP contribution in [0.4, 0.5) is 11.4 Å². The van der Waals surface area contributed by atoms with Crippen molar-refractivity contribution in [2.75, 3.05) is 10.6 Å². The fourth-order valence-corrected chi connectivity index (χ4v) is 2.24. The van der Waals surface area contributed by atoms with Crippen molar-refractivity contribution in [1.29, 1.82) is 0 Å². The SMILES string of the molecule is O=C(Nc1ccccc1)c1ccc(Cl)c(NC(=O)c2ccco2)c1. The number of hydrogen-bond donors (Lipinski definition) is 2. The third-order valence-electron chi connectivity index (χ3n) is 3.25. The van der Waals surface area contributed by atoms with E-state index in [1.807, 2.05) is 18.2 Å². The second-order valence-electron chi connectivity index (χ2n) is 4.95. The van der Waals surface area contributed by atoms with E-state index in [0.29, 0.717) is 22.0 Å². The molecule has 5 nitrogen and oxygen atoms in total. The standard InChI is InChI=1S/C18H13ClN2O3/c19-14-9-8-12(17(22)20-13-5-2-1-3-6-13)11-15(14)21-18(23)16-7-4-10-24-16/h1-11H,(H,20,22)(H,21,23). The maximum absolute atomic E-state index is 12.3. The molecule has 0 fully saturated rings. The Hall–Kier alpha value is -3.05. The maximum Gasteiger partial charge on any atom is 0.291 e. The molecule has 0 atom stereocenters. The number of amides is 2. The number of carbonyl (C=O) groups is 2. The smallest absolute Gasteiger partial charge is 0.291 e. The van der Waals surface area contributed by atoms with Crippen molar-refractivity contribution < 1.29 is 14.0 Å². The molecule has 0 unspecified atom stereocenters. The van der Waals surface area contributed by atoms with Gasteiger partial charge in [-0.05, 0) is 42.5 Å². The van der Waals surface area contributed by atoms with Crippen LogP contribution in [-0.2, 0) is 0 Å². The van der Waals surface area contributed by atoms with Crippen LogP contribution in [0.2, 0.25) is 5.02 Å². The fourth-order valence-electron chi connectivity index (χ4n) is 2.08. The summed E-state index contributed by atoms with van der Waals surface area (Å²) in [7, 11) is 0.